The normalized spacial score (nSPS) is 12.0. The third-order valence-electron chi connectivity index (χ3n) is 5.81. The molecule has 0 spiro atoms. The average Bonchev–Trinajstić information content (AvgIpc) is 3.23. The zero-order valence-corrected chi connectivity index (χ0v) is 20.4. The molecule has 0 aliphatic heterocycles. The molecule has 0 unspecified atom stereocenters. The minimum atomic E-state index is -0.313. The summed E-state index contributed by atoms with van der Waals surface area (Å²) < 4.78 is 2.09. The maximum Gasteiger partial charge on any atom is 0.237 e. The third-order valence-corrected chi connectivity index (χ3v) is 7.15. The van der Waals surface area contributed by atoms with Crippen molar-refractivity contribution in [3.8, 4) is 0 Å². The number of hydrogen-bond donors (Lipinski definition) is 1. The van der Waals surface area contributed by atoms with Gasteiger partial charge in [0.25, 0.3) is 0 Å². The van der Waals surface area contributed by atoms with E-state index >= 15 is 0 Å². The van der Waals surface area contributed by atoms with Crippen LogP contribution < -0.4 is 5.32 Å². The van der Waals surface area contributed by atoms with E-state index in [1.807, 2.05) is 13.0 Å². The molecule has 1 amide bonds. The molecular weight excluding hydrogens is 444 g/mol. The quantitative estimate of drug-likeness (QED) is 0.248. The van der Waals surface area contributed by atoms with Crippen LogP contribution in [0.3, 0.4) is 0 Å². The molecule has 1 aromatic heterocycles. The highest BCUT2D eigenvalue weighted by Crippen LogP contribution is 2.28. The number of carbonyl (C=O) groups excluding carboxylic acids is 2. The van der Waals surface area contributed by atoms with Crippen LogP contribution in [0.5, 0.6) is 0 Å². The smallest absolute Gasteiger partial charge is 0.237 e. The van der Waals surface area contributed by atoms with Crippen LogP contribution in [0.2, 0.25) is 0 Å². The average molecular weight is 473 g/mol. The maximum atomic E-state index is 13.0. The Balaban J connectivity index is 1.50. The van der Waals surface area contributed by atoms with Crippen LogP contribution in [0.4, 0.5) is 5.69 Å². The van der Waals surface area contributed by atoms with Crippen LogP contribution in [-0.4, -0.2) is 31.7 Å². The molecule has 0 aliphatic carbocycles. The summed E-state index contributed by atoms with van der Waals surface area (Å²) in [5.74, 6) is 0.791. The lowest BCUT2D eigenvalue weighted by Gasteiger charge is -2.15. The minimum Gasteiger partial charge on any atom is -0.325 e. The van der Waals surface area contributed by atoms with E-state index in [1.54, 1.807) is 24.3 Å². The van der Waals surface area contributed by atoms with Gasteiger partial charge in [-0.1, -0.05) is 61.2 Å². The predicted octanol–water partition coefficient (Wildman–Crippen LogP) is 5.75. The van der Waals surface area contributed by atoms with Crippen molar-refractivity contribution in [1.82, 2.24) is 14.8 Å². The lowest BCUT2D eigenvalue weighted by atomic mass is 10.0. The zero-order chi connectivity index (χ0) is 24.1. The second kappa shape index (κ2) is 10.7. The first kappa shape index (κ1) is 23.7. The van der Waals surface area contributed by atoms with E-state index in [4.69, 9.17) is 0 Å². The van der Waals surface area contributed by atoms with Crippen molar-refractivity contribution in [3.63, 3.8) is 0 Å². The molecule has 0 radical (unpaired) electrons. The van der Waals surface area contributed by atoms with Gasteiger partial charge in [0.05, 0.1) is 5.25 Å². The highest BCUT2D eigenvalue weighted by atomic mass is 32.2. The van der Waals surface area contributed by atoms with Crippen molar-refractivity contribution in [1.29, 1.82) is 0 Å². The van der Waals surface area contributed by atoms with E-state index in [0.717, 1.165) is 17.5 Å². The molecule has 0 saturated heterocycles. The summed E-state index contributed by atoms with van der Waals surface area (Å²) in [6, 6.07) is 21.6. The number of nitrogens with zero attached hydrogens (tertiary/aromatic N) is 3. The number of carbonyl (C=O) groups is 2. The maximum absolute atomic E-state index is 13.0. The molecule has 0 aliphatic rings. The molecule has 34 heavy (non-hydrogen) atoms. The van der Waals surface area contributed by atoms with E-state index in [9.17, 15) is 9.59 Å². The van der Waals surface area contributed by atoms with Gasteiger partial charge in [-0.2, -0.15) is 0 Å². The van der Waals surface area contributed by atoms with Crippen LogP contribution in [0.25, 0.3) is 10.8 Å². The standard InChI is InChI=1S/C27H28N4O2S/c1-4-24(26(33)28-22-15-13-19(14-16-22)18(3)32)34-27-30-29-25(31(27)5-2)17-21-11-8-10-20-9-6-7-12-23(20)21/h6-16,24H,4-5,17H2,1-3H3,(H,28,33)/t24-/m1/s1. The molecule has 0 fully saturated rings. The minimum absolute atomic E-state index is 0.00178. The fourth-order valence-electron chi connectivity index (χ4n) is 3.93. The number of fused-ring (bicyclic) bond motifs is 1. The van der Waals surface area contributed by atoms with Gasteiger partial charge in [0.1, 0.15) is 5.82 Å². The second-order valence-electron chi connectivity index (χ2n) is 8.10. The second-order valence-corrected chi connectivity index (χ2v) is 9.27. The Bertz CT molecular complexity index is 1310. The van der Waals surface area contributed by atoms with Gasteiger partial charge in [0, 0.05) is 24.2 Å². The van der Waals surface area contributed by atoms with Crippen LogP contribution in [-0.2, 0) is 17.8 Å². The zero-order valence-electron chi connectivity index (χ0n) is 19.6. The van der Waals surface area contributed by atoms with Gasteiger partial charge in [-0.3, -0.25) is 9.59 Å². The molecule has 4 rings (SSSR count). The van der Waals surface area contributed by atoms with Crippen molar-refractivity contribution in [3.05, 3.63) is 83.7 Å². The largest absolute Gasteiger partial charge is 0.325 e. The Hall–Kier alpha value is -3.45. The number of aromatic nitrogens is 3. The molecule has 1 N–H and O–H groups in total. The Kier molecular flexibility index (Phi) is 7.43. The number of benzene rings is 3. The van der Waals surface area contributed by atoms with Crippen molar-refractivity contribution < 1.29 is 9.59 Å². The van der Waals surface area contributed by atoms with Crippen molar-refractivity contribution >= 4 is 39.9 Å². The first-order valence-electron chi connectivity index (χ1n) is 11.5. The van der Waals surface area contributed by atoms with Crippen LogP contribution in [0, 0.1) is 0 Å². The number of Topliss-reactive ketones (excluding diaryl/α,β-unsaturated/α-hetero) is 1. The van der Waals surface area contributed by atoms with Crippen LogP contribution >= 0.6 is 11.8 Å². The summed E-state index contributed by atoms with van der Waals surface area (Å²) in [5.41, 5.74) is 2.49. The van der Waals surface area contributed by atoms with Gasteiger partial charge in [0.15, 0.2) is 10.9 Å². The summed E-state index contributed by atoms with van der Waals surface area (Å²) in [5, 5.41) is 14.7. The van der Waals surface area contributed by atoms with Crippen molar-refractivity contribution in [2.45, 2.75) is 50.6 Å². The highest BCUT2D eigenvalue weighted by molar-refractivity contribution is 8.00. The van der Waals surface area contributed by atoms with Gasteiger partial charge in [-0.05, 0) is 60.9 Å². The van der Waals surface area contributed by atoms with Crippen LogP contribution in [0.15, 0.2) is 71.9 Å². The molecule has 3 aromatic carbocycles. The Morgan fingerprint density at radius 3 is 2.41 bits per heavy atom. The Morgan fingerprint density at radius 2 is 1.71 bits per heavy atom. The van der Waals surface area contributed by atoms with Gasteiger partial charge < -0.3 is 9.88 Å². The monoisotopic (exact) mass is 472 g/mol. The molecule has 7 heteroatoms. The van der Waals surface area contributed by atoms with E-state index in [0.29, 0.717) is 24.1 Å². The number of hydrogen-bond acceptors (Lipinski definition) is 5. The number of ketones is 1. The molecule has 6 nitrogen and oxygen atoms in total. The lowest BCUT2D eigenvalue weighted by molar-refractivity contribution is -0.115. The Morgan fingerprint density at radius 1 is 0.971 bits per heavy atom. The number of nitrogens with one attached hydrogen (secondary N) is 1. The number of rotatable bonds is 9. The first-order chi connectivity index (χ1) is 16.5. The van der Waals surface area contributed by atoms with Gasteiger partial charge in [-0.25, -0.2) is 0 Å². The van der Waals surface area contributed by atoms with E-state index in [2.05, 4.69) is 63.4 Å². The molecular formula is C27H28N4O2S. The van der Waals surface area contributed by atoms with Crippen LogP contribution in [0.1, 0.15) is 48.9 Å². The number of thioether (sulfide) groups is 1. The van der Waals surface area contributed by atoms with E-state index in [1.165, 1.54) is 35.0 Å². The van der Waals surface area contributed by atoms with Crippen molar-refractivity contribution in [2.24, 2.45) is 0 Å². The van der Waals surface area contributed by atoms with E-state index < -0.39 is 0 Å². The summed E-state index contributed by atoms with van der Waals surface area (Å²) in [7, 11) is 0. The molecule has 4 aromatic rings. The number of anilines is 1. The van der Waals surface area contributed by atoms with Gasteiger partial charge >= 0.3 is 0 Å². The molecule has 0 saturated carbocycles. The third kappa shape index (κ3) is 5.20. The topological polar surface area (TPSA) is 76.9 Å². The molecule has 1 atom stereocenters. The van der Waals surface area contributed by atoms with Gasteiger partial charge in [0.2, 0.25) is 5.91 Å². The highest BCUT2D eigenvalue weighted by Gasteiger charge is 2.22. The van der Waals surface area contributed by atoms with E-state index in [-0.39, 0.29) is 16.9 Å². The summed E-state index contributed by atoms with van der Waals surface area (Å²) in [4.78, 5) is 24.4. The lowest BCUT2D eigenvalue weighted by Crippen LogP contribution is -2.25. The first-order valence-corrected chi connectivity index (χ1v) is 12.3. The fraction of sp³-hybridized carbons (Fsp3) is 0.259. The molecule has 1 heterocycles. The fourth-order valence-corrected chi connectivity index (χ4v) is 4.97. The number of amides is 1. The summed E-state index contributed by atoms with van der Waals surface area (Å²) in [6.45, 7) is 6.30. The van der Waals surface area contributed by atoms with Gasteiger partial charge in [-0.15, -0.1) is 10.2 Å². The SMILES string of the molecule is CC[C@@H](Sc1nnc(Cc2cccc3ccccc23)n1CC)C(=O)Nc1ccc(C(C)=O)cc1. The summed E-state index contributed by atoms with van der Waals surface area (Å²) in [6.07, 6.45) is 1.32. The summed E-state index contributed by atoms with van der Waals surface area (Å²) >= 11 is 1.43. The van der Waals surface area contributed by atoms with Crippen molar-refractivity contribution in [2.75, 3.05) is 5.32 Å². The Labute approximate surface area is 203 Å². The molecule has 174 valence electrons. The molecule has 0 bridgehead atoms. The predicted molar refractivity (Wildman–Crippen MR) is 137 cm³/mol.